The van der Waals surface area contributed by atoms with Gasteiger partial charge in [0.15, 0.2) is 0 Å². The number of aryl methyl sites for hydroxylation is 4. The molecule has 24 nitrogen and oxygen atoms in total. The second kappa shape index (κ2) is 43.5. The van der Waals surface area contributed by atoms with Crippen LogP contribution in [0.1, 0.15) is 210 Å². The average Bonchev–Trinajstić information content (AvgIpc) is 1.58. The maximum absolute atomic E-state index is 13.9. The number of fused-ring (bicyclic) bond motifs is 12. The first-order chi connectivity index (χ1) is 68.5. The number of unbranched alkanes of at least 4 members (excludes halogenated alkanes) is 8. The lowest BCUT2D eigenvalue weighted by atomic mass is 10.0. The zero-order valence-electron chi connectivity index (χ0n) is 79.6. The number of benzene rings is 12. The molecular weight excluding hydrogens is 1750 g/mol. The molecule has 0 radical (unpaired) electrons. The smallest absolute Gasteiger partial charge is 0.337 e. The molecule has 8 aromatic heterocycles. The Morgan fingerprint density at radius 2 is 0.393 bits per heavy atom. The van der Waals surface area contributed by atoms with E-state index in [0.29, 0.717) is 113 Å². The SMILES string of the molecule is CCCCCn1c2ccc(C(=O)OC)cc2n2c(C(=O)c3ccccc3)c(-c3ccccc3)nc12.CCCCCn1c2ccc(C(=O)OC)cc2n2c(C(=O)c3ccccc3)c(-c3ccccc3)nc12.CCCCCn1c2ccc(C(=O)OC)cc2n2c(C(=O)c3ccccc3)c(-c3ccccc3)nc12.CCCCCn1c2ccc(C(=O)OC)cc2n2c(C(=O)c3ccccc3)c(-c3ccccc3)nc12. The summed E-state index contributed by atoms with van der Waals surface area (Å²) >= 11 is 0. The Morgan fingerprint density at radius 1 is 0.214 bits per heavy atom. The summed E-state index contributed by atoms with van der Waals surface area (Å²) in [4.78, 5) is 125. The molecule has 20 rings (SSSR count). The number of hydrogen-bond acceptors (Lipinski definition) is 16. The van der Waals surface area contributed by atoms with Crippen LogP contribution in [0.2, 0.25) is 0 Å². The molecule has 20 aromatic rings. The molecule has 0 amide bonds. The summed E-state index contributed by atoms with van der Waals surface area (Å²) in [6.45, 7) is 11.8. The van der Waals surface area contributed by atoms with E-state index < -0.39 is 23.9 Å². The number of ether oxygens (including phenoxy) is 4. The number of methoxy groups -OCH3 is 4. The van der Waals surface area contributed by atoms with E-state index in [9.17, 15) is 38.4 Å². The third-order valence-corrected chi connectivity index (χ3v) is 25.3. The van der Waals surface area contributed by atoms with Crippen molar-refractivity contribution in [2.24, 2.45) is 0 Å². The lowest BCUT2D eigenvalue weighted by molar-refractivity contribution is 0.0592. The van der Waals surface area contributed by atoms with Crippen LogP contribution in [-0.4, -0.2) is 131 Å². The quantitative estimate of drug-likeness (QED) is 0.0164. The second-order valence-corrected chi connectivity index (χ2v) is 34.2. The van der Waals surface area contributed by atoms with Crippen molar-refractivity contribution in [2.75, 3.05) is 28.4 Å². The van der Waals surface area contributed by atoms with Gasteiger partial charge in [-0.05, 0) is 98.5 Å². The van der Waals surface area contributed by atoms with E-state index in [0.717, 1.165) is 170 Å². The van der Waals surface area contributed by atoms with Gasteiger partial charge in [-0.3, -0.25) is 36.8 Å². The topological polar surface area (TPSA) is 262 Å². The number of hydrogen-bond donors (Lipinski definition) is 0. The fourth-order valence-corrected chi connectivity index (χ4v) is 18.3. The molecule has 0 spiro atoms. The van der Waals surface area contributed by atoms with Crippen molar-refractivity contribution in [1.82, 2.24) is 55.8 Å². The minimum atomic E-state index is -0.418. The highest BCUT2D eigenvalue weighted by atomic mass is 16.5. The van der Waals surface area contributed by atoms with Crippen LogP contribution in [-0.2, 0) is 45.1 Å². The first-order valence-electron chi connectivity index (χ1n) is 47.7. The van der Waals surface area contributed by atoms with Crippen LogP contribution >= 0.6 is 0 Å². The van der Waals surface area contributed by atoms with Crippen LogP contribution in [0.3, 0.4) is 0 Å². The molecule has 0 aliphatic carbocycles. The Hall–Kier alpha value is -16.8. The number of carbonyl (C=O) groups excluding carboxylic acids is 8. The second-order valence-electron chi connectivity index (χ2n) is 34.2. The summed E-state index contributed by atoms with van der Waals surface area (Å²) in [5, 5.41) is 0. The first kappa shape index (κ1) is 95.0. The first-order valence-corrected chi connectivity index (χ1v) is 47.7. The van der Waals surface area contributed by atoms with Crippen LogP contribution < -0.4 is 0 Å². The highest BCUT2D eigenvalue weighted by Crippen LogP contribution is 2.40. The van der Waals surface area contributed by atoms with Crippen LogP contribution in [0.4, 0.5) is 0 Å². The molecule has 12 aromatic carbocycles. The van der Waals surface area contributed by atoms with Gasteiger partial charge in [0.2, 0.25) is 46.2 Å². The van der Waals surface area contributed by atoms with Gasteiger partial charge in [-0.15, -0.1) is 0 Å². The minimum absolute atomic E-state index is 0.118. The van der Waals surface area contributed by atoms with Gasteiger partial charge in [0.05, 0.1) is 94.8 Å². The van der Waals surface area contributed by atoms with E-state index >= 15 is 0 Å². The molecule has 704 valence electrons. The van der Waals surface area contributed by atoms with E-state index in [-0.39, 0.29) is 23.1 Å². The summed E-state index contributed by atoms with van der Waals surface area (Å²) < 4.78 is 36.1. The van der Waals surface area contributed by atoms with Crippen molar-refractivity contribution in [3.63, 3.8) is 0 Å². The van der Waals surface area contributed by atoms with Crippen LogP contribution in [0.25, 0.3) is 112 Å². The molecule has 140 heavy (non-hydrogen) atoms. The minimum Gasteiger partial charge on any atom is -0.465 e. The molecule has 24 heteroatoms. The van der Waals surface area contributed by atoms with Gasteiger partial charge in [-0.25, -0.2) is 39.1 Å². The van der Waals surface area contributed by atoms with Gasteiger partial charge >= 0.3 is 23.9 Å². The lowest BCUT2D eigenvalue weighted by Gasteiger charge is -2.07. The molecule has 0 N–H and O–H groups in total. The average molecular weight is 1860 g/mol. The zero-order chi connectivity index (χ0) is 97.5. The molecule has 0 saturated carbocycles. The zero-order valence-corrected chi connectivity index (χ0v) is 79.6. The van der Waals surface area contributed by atoms with Crippen molar-refractivity contribution >= 4 is 114 Å². The standard InChI is InChI=1S/4C29H27N3O3/c4*1-3-4-11-18-31-23-17-16-22(28(34)35-2)19-24(23)32-26(27(33)21-14-9-6-10-15-21)25(30-29(31)32)20-12-7-5-8-13-20/h4*5-10,12-17,19H,3-4,11,18H2,1-2H3. The number of carbonyl (C=O) groups is 8. The van der Waals surface area contributed by atoms with Crippen LogP contribution in [0, 0.1) is 0 Å². The largest absolute Gasteiger partial charge is 0.465 e. The molecule has 0 fully saturated rings. The number of ketones is 4. The van der Waals surface area contributed by atoms with Crippen molar-refractivity contribution in [3.8, 4) is 45.0 Å². The summed E-state index contributed by atoms with van der Waals surface area (Å²) in [5.41, 5.74) is 18.7. The summed E-state index contributed by atoms with van der Waals surface area (Å²) in [5.74, 6) is 0.620. The summed E-state index contributed by atoms with van der Waals surface area (Å²) in [7, 11) is 5.47. The molecule has 8 heterocycles. The lowest BCUT2D eigenvalue weighted by Crippen LogP contribution is -2.07. The Morgan fingerprint density at radius 3 is 0.564 bits per heavy atom. The Bertz CT molecular complexity index is 6990. The highest BCUT2D eigenvalue weighted by Gasteiger charge is 2.34. The fourth-order valence-electron chi connectivity index (χ4n) is 18.3. The third kappa shape index (κ3) is 19.1. The van der Waals surface area contributed by atoms with Gasteiger partial charge in [0.25, 0.3) is 0 Å². The molecule has 0 saturated heterocycles. The predicted molar refractivity (Wildman–Crippen MR) is 547 cm³/mol. The molecule has 0 bridgehead atoms. The summed E-state index contributed by atoms with van der Waals surface area (Å²) in [6, 6.07) is 97.9. The Labute approximate surface area is 809 Å². The number of nitrogens with zero attached hydrogens (tertiary/aromatic N) is 12. The molecule has 0 unspecified atom stereocenters. The number of esters is 4. The van der Waals surface area contributed by atoms with Gasteiger partial charge in [0, 0.05) is 70.7 Å². The third-order valence-electron chi connectivity index (χ3n) is 25.3. The van der Waals surface area contributed by atoms with Gasteiger partial charge < -0.3 is 37.2 Å². The van der Waals surface area contributed by atoms with E-state index in [4.69, 9.17) is 38.9 Å². The van der Waals surface area contributed by atoms with Gasteiger partial charge in [-0.2, -0.15) is 0 Å². The van der Waals surface area contributed by atoms with Crippen LogP contribution in [0.15, 0.2) is 315 Å². The van der Waals surface area contributed by atoms with Crippen molar-refractivity contribution in [2.45, 2.75) is 131 Å². The Kier molecular flexibility index (Phi) is 29.5. The van der Waals surface area contributed by atoms with Crippen LogP contribution in [0.5, 0.6) is 0 Å². The molecular formula is C116H108N12O12. The van der Waals surface area contributed by atoms with Gasteiger partial charge in [-0.1, -0.05) is 322 Å². The fraction of sp³-hybridized carbons (Fsp3) is 0.207. The number of aromatic nitrogens is 12. The van der Waals surface area contributed by atoms with Gasteiger partial charge in [0.1, 0.15) is 45.6 Å². The molecule has 0 aliphatic rings. The Balaban J connectivity index is 0.000000129. The van der Waals surface area contributed by atoms with E-state index in [1.807, 2.05) is 285 Å². The monoisotopic (exact) mass is 1860 g/mol. The maximum Gasteiger partial charge on any atom is 0.337 e. The maximum atomic E-state index is 13.9. The van der Waals surface area contributed by atoms with E-state index in [1.165, 1.54) is 28.4 Å². The number of rotatable bonds is 32. The van der Waals surface area contributed by atoms with E-state index in [2.05, 4.69) is 46.0 Å². The predicted octanol–water partition coefficient (Wildman–Crippen LogP) is 24.7. The van der Waals surface area contributed by atoms with Crippen molar-refractivity contribution in [3.05, 3.63) is 383 Å². The normalized spacial score (nSPS) is 11.3. The molecule has 0 aliphatic heterocycles. The number of imidazole rings is 8. The van der Waals surface area contributed by atoms with Crippen molar-refractivity contribution in [1.29, 1.82) is 0 Å². The molecule has 0 atom stereocenters. The van der Waals surface area contributed by atoms with Crippen molar-refractivity contribution < 1.29 is 57.3 Å². The van der Waals surface area contributed by atoms with E-state index in [1.54, 1.807) is 48.5 Å². The highest BCUT2D eigenvalue weighted by molar-refractivity contribution is 6.17. The summed E-state index contributed by atoms with van der Waals surface area (Å²) in [6.07, 6.45) is 12.7.